The zero-order valence-electron chi connectivity index (χ0n) is 17.2. The van der Waals surface area contributed by atoms with Crippen molar-refractivity contribution in [3.63, 3.8) is 0 Å². The van der Waals surface area contributed by atoms with E-state index in [4.69, 9.17) is 10.00 Å². The fourth-order valence-corrected chi connectivity index (χ4v) is 2.77. The summed E-state index contributed by atoms with van der Waals surface area (Å²) in [7, 11) is 0. The van der Waals surface area contributed by atoms with Crippen LogP contribution in [0.1, 0.15) is 42.4 Å². The van der Waals surface area contributed by atoms with Crippen LogP contribution in [0.15, 0.2) is 60.7 Å². The Morgan fingerprint density at radius 2 is 1.71 bits per heavy atom. The number of nitrogens with zero attached hydrogens (tertiary/aromatic N) is 3. The van der Waals surface area contributed by atoms with Gasteiger partial charge in [0.05, 0.1) is 4.92 Å². The molecule has 0 unspecified atom stereocenters. The second-order valence-corrected chi connectivity index (χ2v) is 7.79. The molecule has 1 aromatic heterocycles. The van der Waals surface area contributed by atoms with Crippen molar-refractivity contribution in [2.24, 2.45) is 0 Å². The molecule has 8 heteroatoms. The monoisotopic (exact) mass is 416 g/mol. The minimum absolute atomic E-state index is 0.0113. The Balaban J connectivity index is 1.67. The second-order valence-electron chi connectivity index (χ2n) is 7.79. The zero-order chi connectivity index (χ0) is 22.6. The summed E-state index contributed by atoms with van der Waals surface area (Å²) >= 11 is 0. The molecule has 0 bridgehead atoms. The number of anilines is 1. The number of carbonyl (C=O) groups is 1. The average molecular weight is 416 g/mol. The predicted molar refractivity (Wildman–Crippen MR) is 115 cm³/mol. The van der Waals surface area contributed by atoms with E-state index in [1.807, 2.05) is 12.1 Å². The number of hydrogen-bond donors (Lipinski definition) is 1. The molecule has 3 aromatic rings. The lowest BCUT2D eigenvalue weighted by atomic mass is 9.87. The summed E-state index contributed by atoms with van der Waals surface area (Å²) in [6.45, 7) is 6.33. The first-order valence-corrected chi connectivity index (χ1v) is 9.43. The fourth-order valence-electron chi connectivity index (χ4n) is 2.77. The number of nitrogens with one attached hydrogen (secondary N) is 1. The maximum Gasteiger partial charge on any atom is 0.305 e. The molecule has 0 atom stereocenters. The van der Waals surface area contributed by atoms with Gasteiger partial charge in [0.15, 0.2) is 0 Å². The van der Waals surface area contributed by atoms with E-state index in [9.17, 15) is 14.9 Å². The van der Waals surface area contributed by atoms with E-state index in [1.165, 1.54) is 12.1 Å². The topological polar surface area (TPSA) is 118 Å². The fraction of sp³-hybridized carbons (Fsp3) is 0.174. The lowest BCUT2D eigenvalue weighted by Gasteiger charge is -2.19. The number of nitriles is 1. The molecule has 0 radical (unpaired) electrons. The average Bonchev–Trinajstić information content (AvgIpc) is 2.74. The molecule has 0 saturated carbocycles. The van der Waals surface area contributed by atoms with Gasteiger partial charge in [-0.15, -0.1) is 0 Å². The summed E-state index contributed by atoms with van der Waals surface area (Å²) in [4.78, 5) is 26.5. The third-order valence-corrected chi connectivity index (χ3v) is 4.50. The molecule has 0 saturated heterocycles. The Bertz CT molecular complexity index is 1160. The van der Waals surface area contributed by atoms with Crippen molar-refractivity contribution in [2.45, 2.75) is 26.2 Å². The van der Waals surface area contributed by atoms with Crippen LogP contribution in [0.5, 0.6) is 11.6 Å². The van der Waals surface area contributed by atoms with Crippen molar-refractivity contribution >= 4 is 17.3 Å². The highest BCUT2D eigenvalue weighted by Gasteiger charge is 2.17. The van der Waals surface area contributed by atoms with Gasteiger partial charge >= 0.3 is 5.69 Å². The Labute approximate surface area is 179 Å². The van der Waals surface area contributed by atoms with Gasteiger partial charge in [0, 0.05) is 23.4 Å². The van der Waals surface area contributed by atoms with E-state index in [2.05, 4.69) is 31.1 Å². The van der Waals surface area contributed by atoms with Gasteiger partial charge in [-0.3, -0.25) is 14.9 Å². The molecule has 3 rings (SSSR count). The highest BCUT2D eigenvalue weighted by Crippen LogP contribution is 2.26. The van der Waals surface area contributed by atoms with Gasteiger partial charge in [-0.2, -0.15) is 10.2 Å². The summed E-state index contributed by atoms with van der Waals surface area (Å²) in [6, 6.07) is 18.2. The summed E-state index contributed by atoms with van der Waals surface area (Å²) < 4.78 is 5.55. The summed E-state index contributed by atoms with van der Waals surface area (Å²) in [6.07, 6.45) is 0. The maximum atomic E-state index is 12.5. The molecular weight excluding hydrogens is 396 g/mol. The number of rotatable bonds is 5. The highest BCUT2D eigenvalue weighted by molar-refractivity contribution is 6.04. The van der Waals surface area contributed by atoms with E-state index in [0.29, 0.717) is 17.0 Å². The van der Waals surface area contributed by atoms with E-state index in [0.717, 1.165) is 5.56 Å². The van der Waals surface area contributed by atoms with E-state index < -0.39 is 4.92 Å². The van der Waals surface area contributed by atoms with Crippen molar-refractivity contribution in [3.05, 3.63) is 87.6 Å². The van der Waals surface area contributed by atoms with Gasteiger partial charge in [-0.25, -0.2) is 0 Å². The minimum atomic E-state index is -0.677. The number of ether oxygens (including phenoxy) is 1. The number of pyridine rings is 1. The van der Waals surface area contributed by atoms with Crippen LogP contribution in [-0.2, 0) is 5.41 Å². The molecule has 31 heavy (non-hydrogen) atoms. The van der Waals surface area contributed by atoms with Crippen molar-refractivity contribution in [1.29, 1.82) is 5.26 Å². The van der Waals surface area contributed by atoms with Gasteiger partial charge in [-0.05, 0) is 47.4 Å². The smallest absolute Gasteiger partial charge is 0.305 e. The minimum Gasteiger partial charge on any atom is -0.439 e. The molecule has 0 aliphatic carbocycles. The molecule has 1 amide bonds. The molecule has 0 aliphatic heterocycles. The molecule has 1 N–H and O–H groups in total. The largest absolute Gasteiger partial charge is 0.439 e. The Morgan fingerprint density at radius 1 is 1.06 bits per heavy atom. The van der Waals surface area contributed by atoms with Crippen LogP contribution >= 0.6 is 0 Å². The molecule has 0 aliphatic rings. The summed E-state index contributed by atoms with van der Waals surface area (Å²) in [5, 5.41) is 22.7. The standard InChI is InChI=1S/C23H20N4O4/c1-23(2,3)16-6-4-15(5-7-16)22(28)25-17-8-10-18(11-9-17)31-21-13-12-20(27(29)30)19(14-24)26-21/h4-13H,1-3H3,(H,25,28). The van der Waals surface area contributed by atoms with Crippen molar-refractivity contribution in [1.82, 2.24) is 4.98 Å². The number of amides is 1. The van der Waals surface area contributed by atoms with Gasteiger partial charge < -0.3 is 10.1 Å². The summed E-state index contributed by atoms with van der Waals surface area (Å²) in [5.74, 6) is 0.223. The van der Waals surface area contributed by atoms with Crippen LogP contribution in [0, 0.1) is 21.4 Å². The van der Waals surface area contributed by atoms with Crippen LogP contribution in [0.3, 0.4) is 0 Å². The number of carbonyl (C=O) groups excluding carboxylic acids is 1. The summed E-state index contributed by atoms with van der Waals surface area (Å²) in [5.41, 5.74) is 1.56. The van der Waals surface area contributed by atoms with Crippen LogP contribution in [0.2, 0.25) is 0 Å². The molecule has 1 heterocycles. The predicted octanol–water partition coefficient (Wildman–Crippen LogP) is 5.20. The first-order valence-electron chi connectivity index (χ1n) is 9.43. The third-order valence-electron chi connectivity index (χ3n) is 4.50. The van der Waals surface area contributed by atoms with Crippen molar-refractivity contribution in [2.75, 3.05) is 5.32 Å². The van der Waals surface area contributed by atoms with Crippen LogP contribution in [0.25, 0.3) is 0 Å². The van der Waals surface area contributed by atoms with Crippen LogP contribution in [0.4, 0.5) is 11.4 Å². The van der Waals surface area contributed by atoms with E-state index in [-0.39, 0.29) is 28.6 Å². The Kier molecular flexibility index (Phi) is 5.97. The molecule has 2 aromatic carbocycles. The highest BCUT2D eigenvalue weighted by atomic mass is 16.6. The van der Waals surface area contributed by atoms with Crippen LogP contribution in [-0.4, -0.2) is 15.8 Å². The van der Waals surface area contributed by atoms with Crippen molar-refractivity contribution < 1.29 is 14.5 Å². The molecular formula is C23H20N4O4. The van der Waals surface area contributed by atoms with Gasteiger partial charge in [-0.1, -0.05) is 32.9 Å². The Morgan fingerprint density at radius 3 is 2.26 bits per heavy atom. The van der Waals surface area contributed by atoms with Gasteiger partial charge in [0.25, 0.3) is 5.91 Å². The SMILES string of the molecule is CC(C)(C)c1ccc(C(=O)Nc2ccc(Oc3ccc([N+](=O)[O-])c(C#N)n3)cc2)cc1. The first kappa shape index (κ1) is 21.5. The lowest BCUT2D eigenvalue weighted by molar-refractivity contribution is -0.385. The molecule has 8 nitrogen and oxygen atoms in total. The number of aromatic nitrogens is 1. The first-order chi connectivity index (χ1) is 14.7. The number of hydrogen-bond acceptors (Lipinski definition) is 6. The van der Waals surface area contributed by atoms with E-state index >= 15 is 0 Å². The molecule has 0 spiro atoms. The third kappa shape index (κ3) is 5.22. The lowest BCUT2D eigenvalue weighted by Crippen LogP contribution is -2.14. The Hall–Kier alpha value is -4.25. The van der Waals surface area contributed by atoms with Gasteiger partial charge in [0.1, 0.15) is 11.8 Å². The number of nitro groups is 1. The van der Waals surface area contributed by atoms with Crippen molar-refractivity contribution in [3.8, 4) is 17.7 Å². The maximum absolute atomic E-state index is 12.5. The number of benzene rings is 2. The van der Waals surface area contributed by atoms with Gasteiger partial charge in [0.2, 0.25) is 11.6 Å². The zero-order valence-corrected chi connectivity index (χ0v) is 17.2. The van der Waals surface area contributed by atoms with Crippen LogP contribution < -0.4 is 10.1 Å². The molecule has 156 valence electrons. The molecule has 0 fully saturated rings. The normalized spacial score (nSPS) is 10.8. The second kappa shape index (κ2) is 8.63. The van der Waals surface area contributed by atoms with E-state index in [1.54, 1.807) is 42.5 Å². The quantitative estimate of drug-likeness (QED) is 0.451.